The van der Waals surface area contributed by atoms with Gasteiger partial charge >= 0.3 is 0 Å². The molecule has 5 rings (SSSR count). The molecule has 0 fully saturated rings. The molecule has 0 amide bonds. The number of fused-ring (bicyclic) bond motifs is 3. The van der Waals surface area contributed by atoms with E-state index in [4.69, 9.17) is 4.98 Å². The lowest BCUT2D eigenvalue weighted by Gasteiger charge is -2.18. The Balaban J connectivity index is 1.64. The molecule has 0 radical (unpaired) electrons. The standard InChI is InChI=1S/C20H15N3S2/c1-13-6-5-9-16-18-15(11-24-19(13)16)10-21-23(18)20-22-17(12-25-20)14-7-3-2-4-8-14/h2-10,12H,11H2,1H3. The van der Waals surface area contributed by atoms with Crippen molar-refractivity contribution < 1.29 is 0 Å². The average Bonchev–Trinajstić information content (AvgIpc) is 3.29. The molecule has 2 aromatic carbocycles. The number of rotatable bonds is 2. The van der Waals surface area contributed by atoms with Gasteiger partial charge in [-0.25, -0.2) is 9.67 Å². The van der Waals surface area contributed by atoms with Crippen LogP contribution in [0, 0.1) is 6.92 Å². The molecule has 3 heterocycles. The van der Waals surface area contributed by atoms with Crippen molar-refractivity contribution in [2.45, 2.75) is 17.6 Å². The molecule has 122 valence electrons. The third-order valence-corrected chi connectivity index (χ3v) is 6.53. The zero-order chi connectivity index (χ0) is 16.8. The second-order valence-corrected chi connectivity index (χ2v) is 7.87. The van der Waals surface area contributed by atoms with Crippen molar-refractivity contribution in [2.24, 2.45) is 0 Å². The number of hydrogen-bond donors (Lipinski definition) is 0. The van der Waals surface area contributed by atoms with E-state index in [1.54, 1.807) is 11.3 Å². The number of hydrogen-bond acceptors (Lipinski definition) is 4. The minimum absolute atomic E-state index is 0.916. The molecule has 0 unspecified atom stereocenters. The summed E-state index contributed by atoms with van der Waals surface area (Å²) in [5.41, 5.74) is 7.19. The number of benzene rings is 2. The average molecular weight is 361 g/mol. The van der Waals surface area contributed by atoms with Gasteiger partial charge in [0.1, 0.15) is 0 Å². The summed E-state index contributed by atoms with van der Waals surface area (Å²) >= 11 is 3.53. The Kier molecular flexibility index (Phi) is 3.50. The first-order valence-corrected chi connectivity index (χ1v) is 9.99. The fourth-order valence-corrected chi connectivity index (χ4v) is 5.13. The highest BCUT2D eigenvalue weighted by molar-refractivity contribution is 7.98. The van der Waals surface area contributed by atoms with Crippen LogP contribution in [0.25, 0.3) is 27.6 Å². The van der Waals surface area contributed by atoms with Crippen molar-refractivity contribution in [1.82, 2.24) is 14.8 Å². The van der Waals surface area contributed by atoms with E-state index in [0.29, 0.717) is 0 Å². The van der Waals surface area contributed by atoms with E-state index in [1.807, 2.05) is 40.8 Å². The Labute approximate surface area is 154 Å². The topological polar surface area (TPSA) is 30.7 Å². The highest BCUT2D eigenvalue weighted by atomic mass is 32.2. The normalized spacial score (nSPS) is 12.7. The van der Waals surface area contributed by atoms with Crippen LogP contribution in [-0.4, -0.2) is 14.8 Å². The number of thiazole rings is 1. The summed E-state index contributed by atoms with van der Waals surface area (Å²) in [6.07, 6.45) is 1.98. The van der Waals surface area contributed by atoms with E-state index in [1.165, 1.54) is 27.3 Å². The number of aromatic nitrogens is 3. The van der Waals surface area contributed by atoms with Crippen molar-refractivity contribution in [2.75, 3.05) is 0 Å². The monoisotopic (exact) mass is 361 g/mol. The summed E-state index contributed by atoms with van der Waals surface area (Å²) in [6, 6.07) is 16.8. The maximum absolute atomic E-state index is 4.84. The largest absolute Gasteiger partial charge is 0.218 e. The molecular weight excluding hydrogens is 346 g/mol. The third kappa shape index (κ3) is 2.42. The summed E-state index contributed by atoms with van der Waals surface area (Å²) in [7, 11) is 0. The van der Waals surface area contributed by atoms with Crippen molar-refractivity contribution in [3.63, 3.8) is 0 Å². The molecule has 2 aromatic heterocycles. The van der Waals surface area contributed by atoms with Crippen molar-refractivity contribution in [3.8, 4) is 27.6 Å². The first kappa shape index (κ1) is 14.9. The lowest BCUT2D eigenvalue weighted by atomic mass is 10.1. The van der Waals surface area contributed by atoms with Gasteiger partial charge in [0.2, 0.25) is 5.13 Å². The van der Waals surface area contributed by atoms with E-state index in [2.05, 4.69) is 47.7 Å². The van der Waals surface area contributed by atoms with Gasteiger partial charge < -0.3 is 0 Å². The highest BCUT2D eigenvalue weighted by Crippen LogP contribution is 2.44. The van der Waals surface area contributed by atoms with Crippen LogP contribution in [0.2, 0.25) is 0 Å². The second kappa shape index (κ2) is 5.86. The van der Waals surface area contributed by atoms with Crippen molar-refractivity contribution in [3.05, 3.63) is 71.2 Å². The Morgan fingerprint density at radius 1 is 1.04 bits per heavy atom. The fraction of sp³-hybridized carbons (Fsp3) is 0.100. The van der Waals surface area contributed by atoms with Crippen LogP contribution in [0.1, 0.15) is 11.1 Å². The van der Waals surface area contributed by atoms with E-state index in [-0.39, 0.29) is 0 Å². The zero-order valence-electron chi connectivity index (χ0n) is 13.6. The summed E-state index contributed by atoms with van der Waals surface area (Å²) in [5.74, 6) is 0.962. The summed E-state index contributed by atoms with van der Waals surface area (Å²) in [4.78, 5) is 6.20. The lowest BCUT2D eigenvalue weighted by Crippen LogP contribution is -2.03. The molecule has 0 spiro atoms. The number of aryl methyl sites for hydroxylation is 1. The Bertz CT molecular complexity index is 1060. The van der Waals surface area contributed by atoms with Gasteiger partial charge in [-0.2, -0.15) is 5.10 Å². The molecule has 0 aliphatic carbocycles. The molecule has 5 heteroatoms. The molecule has 1 aliphatic rings. The van der Waals surface area contributed by atoms with Crippen molar-refractivity contribution in [1.29, 1.82) is 0 Å². The summed E-state index contributed by atoms with van der Waals surface area (Å²) in [5, 5.41) is 7.68. The van der Waals surface area contributed by atoms with Gasteiger partial charge in [0.25, 0.3) is 0 Å². The van der Waals surface area contributed by atoms with Crippen LogP contribution < -0.4 is 0 Å². The highest BCUT2D eigenvalue weighted by Gasteiger charge is 2.24. The maximum atomic E-state index is 4.84. The minimum atomic E-state index is 0.916. The van der Waals surface area contributed by atoms with Crippen LogP contribution in [0.15, 0.2) is 65.0 Å². The van der Waals surface area contributed by atoms with Gasteiger partial charge in [0.05, 0.1) is 17.6 Å². The molecule has 4 aromatic rings. The Hall–Kier alpha value is -2.37. The molecule has 0 bridgehead atoms. The van der Waals surface area contributed by atoms with E-state index in [0.717, 1.165) is 22.1 Å². The molecule has 0 N–H and O–H groups in total. The van der Waals surface area contributed by atoms with Crippen LogP contribution in [-0.2, 0) is 5.75 Å². The van der Waals surface area contributed by atoms with Gasteiger partial charge in [0.15, 0.2) is 0 Å². The van der Waals surface area contributed by atoms with Crippen molar-refractivity contribution >= 4 is 23.1 Å². The molecular formula is C20H15N3S2. The first-order valence-electron chi connectivity index (χ1n) is 8.12. The van der Waals surface area contributed by atoms with Crippen LogP contribution in [0.5, 0.6) is 0 Å². The molecule has 0 saturated heterocycles. The van der Waals surface area contributed by atoms with Gasteiger partial charge in [-0.05, 0) is 12.5 Å². The quantitative estimate of drug-likeness (QED) is 0.467. The molecule has 25 heavy (non-hydrogen) atoms. The Morgan fingerprint density at radius 2 is 1.92 bits per heavy atom. The molecule has 1 aliphatic heterocycles. The summed E-state index contributed by atoms with van der Waals surface area (Å²) < 4.78 is 2.00. The van der Waals surface area contributed by atoms with Crippen LogP contribution in [0.4, 0.5) is 0 Å². The predicted molar refractivity (Wildman–Crippen MR) is 104 cm³/mol. The van der Waals surface area contributed by atoms with Crippen LogP contribution >= 0.6 is 23.1 Å². The molecule has 3 nitrogen and oxygen atoms in total. The Morgan fingerprint density at radius 3 is 2.80 bits per heavy atom. The maximum Gasteiger partial charge on any atom is 0.211 e. The molecule has 0 atom stereocenters. The number of nitrogens with zero attached hydrogens (tertiary/aromatic N) is 3. The van der Waals surface area contributed by atoms with E-state index in [9.17, 15) is 0 Å². The third-order valence-electron chi connectivity index (χ3n) is 4.43. The van der Waals surface area contributed by atoms with Gasteiger partial charge in [0, 0.05) is 32.7 Å². The summed E-state index contributed by atoms with van der Waals surface area (Å²) in [6.45, 7) is 2.18. The van der Waals surface area contributed by atoms with Gasteiger partial charge in [-0.3, -0.25) is 0 Å². The van der Waals surface area contributed by atoms with Gasteiger partial charge in [-0.15, -0.1) is 23.1 Å². The lowest BCUT2D eigenvalue weighted by molar-refractivity contribution is 0.875. The molecule has 0 saturated carbocycles. The van der Waals surface area contributed by atoms with E-state index < -0.39 is 0 Å². The van der Waals surface area contributed by atoms with E-state index >= 15 is 0 Å². The zero-order valence-corrected chi connectivity index (χ0v) is 15.3. The number of thioether (sulfide) groups is 1. The fourth-order valence-electron chi connectivity index (χ4n) is 3.20. The van der Waals surface area contributed by atoms with Gasteiger partial charge in [-0.1, -0.05) is 48.5 Å². The minimum Gasteiger partial charge on any atom is -0.218 e. The second-order valence-electron chi connectivity index (χ2n) is 6.05. The smallest absolute Gasteiger partial charge is 0.211 e. The first-order chi connectivity index (χ1) is 12.3. The van der Waals surface area contributed by atoms with Crippen LogP contribution in [0.3, 0.4) is 0 Å². The SMILES string of the molecule is Cc1cccc2c1SCc1cnn(-c3nc(-c4ccccc4)cs3)c1-2. The predicted octanol–water partition coefficient (Wildman–Crippen LogP) is 5.58.